The number of non-ortho nitro benzene ring substituents is 1. The van der Waals surface area contributed by atoms with Gasteiger partial charge in [0.25, 0.3) is 11.6 Å². The number of nitrogens with one attached hydrogen (secondary N) is 1. The van der Waals surface area contributed by atoms with Crippen molar-refractivity contribution in [3.8, 4) is 0 Å². The van der Waals surface area contributed by atoms with Crippen LogP contribution in [0.2, 0.25) is 0 Å². The topological polar surface area (TPSA) is 72.2 Å². The Labute approximate surface area is 135 Å². The fraction of sp³-hybridized carbons (Fsp3) is 0.133. The molecule has 0 spiro atoms. The lowest BCUT2D eigenvalue weighted by atomic mass is 10.1. The van der Waals surface area contributed by atoms with Gasteiger partial charge in [-0.25, -0.2) is 0 Å². The molecule has 0 fully saturated rings. The van der Waals surface area contributed by atoms with E-state index in [9.17, 15) is 14.9 Å². The first-order chi connectivity index (χ1) is 9.97. The molecule has 2 rings (SSSR count). The number of carbonyl (C=O) groups is 1. The largest absolute Gasteiger partial charge is 0.348 e. The van der Waals surface area contributed by atoms with Crippen molar-refractivity contribution >= 4 is 34.2 Å². The van der Waals surface area contributed by atoms with Crippen LogP contribution in [0.1, 0.15) is 21.5 Å². The number of hydrogen-bond donors (Lipinski definition) is 1. The second-order valence-electron chi connectivity index (χ2n) is 4.59. The average Bonchev–Trinajstić information content (AvgIpc) is 2.46. The first-order valence-electron chi connectivity index (χ1n) is 6.25. The molecule has 2 aromatic carbocycles. The van der Waals surface area contributed by atoms with Crippen molar-refractivity contribution in [3.63, 3.8) is 0 Å². The molecule has 21 heavy (non-hydrogen) atoms. The molecule has 2 aromatic rings. The minimum atomic E-state index is -0.507. The zero-order valence-corrected chi connectivity index (χ0v) is 13.5. The number of aryl methyl sites for hydroxylation is 1. The number of carbonyl (C=O) groups excluding carboxylic acids is 1. The van der Waals surface area contributed by atoms with Gasteiger partial charge in [0.15, 0.2) is 0 Å². The van der Waals surface area contributed by atoms with Gasteiger partial charge in [0.05, 0.1) is 10.5 Å². The van der Waals surface area contributed by atoms with E-state index in [1.54, 1.807) is 6.07 Å². The lowest BCUT2D eigenvalue weighted by Crippen LogP contribution is -2.23. The lowest BCUT2D eigenvalue weighted by Gasteiger charge is -2.07. The van der Waals surface area contributed by atoms with E-state index >= 15 is 0 Å². The highest BCUT2D eigenvalue weighted by atomic mass is 127. The molecule has 0 saturated heterocycles. The predicted molar refractivity (Wildman–Crippen MR) is 88.2 cm³/mol. The number of amides is 1. The molecule has 1 amide bonds. The normalized spacial score (nSPS) is 10.2. The molecule has 108 valence electrons. The van der Waals surface area contributed by atoms with Crippen molar-refractivity contribution in [1.29, 1.82) is 0 Å². The zero-order valence-electron chi connectivity index (χ0n) is 11.3. The Kier molecular flexibility index (Phi) is 4.89. The second kappa shape index (κ2) is 6.66. The van der Waals surface area contributed by atoms with Gasteiger partial charge in [0, 0.05) is 22.2 Å². The maximum Gasteiger partial charge on any atom is 0.270 e. The summed E-state index contributed by atoms with van der Waals surface area (Å²) in [5.41, 5.74) is 2.36. The summed E-state index contributed by atoms with van der Waals surface area (Å²) in [5, 5.41) is 13.5. The predicted octanol–water partition coefficient (Wildman–Crippen LogP) is 3.44. The average molecular weight is 396 g/mol. The zero-order chi connectivity index (χ0) is 15.4. The SMILES string of the molecule is Cc1ccc(CNC(=O)c2cc([N+](=O)[O-])ccc2I)cc1. The van der Waals surface area contributed by atoms with Crippen molar-refractivity contribution in [1.82, 2.24) is 5.32 Å². The fourth-order valence-electron chi connectivity index (χ4n) is 1.78. The van der Waals surface area contributed by atoms with Gasteiger partial charge < -0.3 is 5.32 Å². The van der Waals surface area contributed by atoms with Crippen LogP contribution in [0, 0.1) is 20.6 Å². The van der Waals surface area contributed by atoms with E-state index in [0.717, 1.165) is 11.1 Å². The molecule has 0 aliphatic rings. The van der Waals surface area contributed by atoms with Gasteiger partial charge in [-0.2, -0.15) is 0 Å². The van der Waals surface area contributed by atoms with Crippen LogP contribution in [-0.2, 0) is 6.54 Å². The Morgan fingerprint density at radius 3 is 2.52 bits per heavy atom. The van der Waals surface area contributed by atoms with E-state index in [4.69, 9.17) is 0 Å². The van der Waals surface area contributed by atoms with Gasteiger partial charge in [-0.1, -0.05) is 29.8 Å². The third-order valence-corrected chi connectivity index (χ3v) is 3.92. The summed E-state index contributed by atoms with van der Waals surface area (Å²) in [6.07, 6.45) is 0. The van der Waals surface area contributed by atoms with Crippen LogP contribution in [0.3, 0.4) is 0 Å². The maximum atomic E-state index is 12.1. The fourth-order valence-corrected chi connectivity index (χ4v) is 2.36. The molecule has 0 bridgehead atoms. The molecule has 6 heteroatoms. The Bertz CT molecular complexity index is 684. The molecular weight excluding hydrogens is 383 g/mol. The number of benzene rings is 2. The van der Waals surface area contributed by atoms with E-state index in [-0.39, 0.29) is 11.6 Å². The monoisotopic (exact) mass is 396 g/mol. The molecule has 0 heterocycles. The van der Waals surface area contributed by atoms with Crippen LogP contribution in [-0.4, -0.2) is 10.8 Å². The summed E-state index contributed by atoms with van der Waals surface area (Å²) in [6, 6.07) is 12.1. The number of nitro groups is 1. The van der Waals surface area contributed by atoms with E-state index in [0.29, 0.717) is 15.7 Å². The Morgan fingerprint density at radius 2 is 1.90 bits per heavy atom. The van der Waals surface area contributed by atoms with E-state index < -0.39 is 4.92 Å². The Morgan fingerprint density at radius 1 is 1.24 bits per heavy atom. The summed E-state index contributed by atoms with van der Waals surface area (Å²) in [5.74, 6) is -0.316. The minimum absolute atomic E-state index is 0.0871. The Balaban J connectivity index is 2.11. The quantitative estimate of drug-likeness (QED) is 0.489. The molecule has 1 N–H and O–H groups in total. The number of halogens is 1. The smallest absolute Gasteiger partial charge is 0.270 e. The highest BCUT2D eigenvalue weighted by Gasteiger charge is 2.15. The van der Waals surface area contributed by atoms with Gasteiger partial charge in [-0.3, -0.25) is 14.9 Å². The van der Waals surface area contributed by atoms with Crippen LogP contribution in [0.4, 0.5) is 5.69 Å². The van der Waals surface area contributed by atoms with Crippen molar-refractivity contribution in [3.05, 3.63) is 72.8 Å². The summed E-state index contributed by atoms with van der Waals surface area (Å²) >= 11 is 1.99. The molecule has 0 aliphatic carbocycles. The summed E-state index contributed by atoms with van der Waals surface area (Å²) in [7, 11) is 0. The van der Waals surface area contributed by atoms with Gasteiger partial charge in [0.2, 0.25) is 0 Å². The van der Waals surface area contributed by atoms with E-state index in [1.165, 1.54) is 12.1 Å². The second-order valence-corrected chi connectivity index (χ2v) is 5.75. The molecule has 0 radical (unpaired) electrons. The summed E-state index contributed by atoms with van der Waals surface area (Å²) in [6.45, 7) is 2.38. The molecule has 5 nitrogen and oxygen atoms in total. The maximum absolute atomic E-state index is 12.1. The molecule has 0 unspecified atom stereocenters. The first kappa shape index (κ1) is 15.4. The molecular formula is C15H13IN2O3. The number of hydrogen-bond acceptors (Lipinski definition) is 3. The summed E-state index contributed by atoms with van der Waals surface area (Å²) in [4.78, 5) is 22.4. The number of nitrogens with zero attached hydrogens (tertiary/aromatic N) is 1. The van der Waals surface area contributed by atoms with Gasteiger partial charge >= 0.3 is 0 Å². The molecule has 0 aromatic heterocycles. The Hall–Kier alpha value is -1.96. The molecule has 0 saturated carbocycles. The van der Waals surface area contributed by atoms with Crippen LogP contribution in [0.5, 0.6) is 0 Å². The highest BCUT2D eigenvalue weighted by molar-refractivity contribution is 14.1. The van der Waals surface area contributed by atoms with Gasteiger partial charge in [-0.15, -0.1) is 0 Å². The minimum Gasteiger partial charge on any atom is -0.348 e. The lowest BCUT2D eigenvalue weighted by molar-refractivity contribution is -0.384. The van der Waals surface area contributed by atoms with Crippen molar-refractivity contribution in [2.75, 3.05) is 0 Å². The van der Waals surface area contributed by atoms with Crippen LogP contribution < -0.4 is 5.32 Å². The standard InChI is InChI=1S/C15H13IN2O3/c1-10-2-4-11(5-3-10)9-17-15(19)13-8-12(18(20)21)6-7-14(13)16/h2-8H,9H2,1H3,(H,17,19). The van der Waals surface area contributed by atoms with Crippen molar-refractivity contribution in [2.24, 2.45) is 0 Å². The van der Waals surface area contributed by atoms with Gasteiger partial charge in [0.1, 0.15) is 0 Å². The van der Waals surface area contributed by atoms with Crippen LogP contribution in [0.25, 0.3) is 0 Å². The number of rotatable bonds is 4. The third-order valence-electron chi connectivity index (χ3n) is 2.98. The third kappa shape index (κ3) is 4.01. The van der Waals surface area contributed by atoms with Crippen molar-refractivity contribution in [2.45, 2.75) is 13.5 Å². The van der Waals surface area contributed by atoms with Gasteiger partial charge in [-0.05, 0) is 41.1 Å². The highest BCUT2D eigenvalue weighted by Crippen LogP contribution is 2.19. The molecule has 0 atom stereocenters. The first-order valence-corrected chi connectivity index (χ1v) is 7.33. The summed E-state index contributed by atoms with van der Waals surface area (Å²) < 4.78 is 0.680. The van der Waals surface area contributed by atoms with Crippen LogP contribution in [0.15, 0.2) is 42.5 Å². The number of nitro benzene ring substituents is 1. The van der Waals surface area contributed by atoms with E-state index in [1.807, 2.05) is 53.8 Å². The molecule has 0 aliphatic heterocycles. The van der Waals surface area contributed by atoms with Crippen molar-refractivity contribution < 1.29 is 9.72 Å². The van der Waals surface area contributed by atoms with E-state index in [2.05, 4.69) is 5.32 Å². The van der Waals surface area contributed by atoms with Crippen LogP contribution >= 0.6 is 22.6 Å².